The maximum Gasteiger partial charge on any atom is 0.337 e. The van der Waals surface area contributed by atoms with Crippen LogP contribution in [-0.2, 0) is 33.8 Å². The van der Waals surface area contributed by atoms with Crippen molar-refractivity contribution in [1.29, 1.82) is 0 Å². The molecule has 1 fully saturated rings. The van der Waals surface area contributed by atoms with Gasteiger partial charge in [0.2, 0.25) is 0 Å². The van der Waals surface area contributed by atoms with E-state index in [1.165, 1.54) is 24.0 Å². The van der Waals surface area contributed by atoms with Crippen molar-refractivity contribution in [2.45, 2.75) is 59.0 Å². The van der Waals surface area contributed by atoms with Gasteiger partial charge in [-0.25, -0.2) is 19.4 Å². The summed E-state index contributed by atoms with van der Waals surface area (Å²) in [6.45, 7) is 5.08. The summed E-state index contributed by atoms with van der Waals surface area (Å²) in [5.74, 6) is -0.331. The molecule has 0 atom stereocenters. The molecule has 2 aromatic carbocycles. The first kappa shape index (κ1) is 34.1. The normalized spacial score (nSPS) is 13.8. The number of aryl methyl sites for hydroxylation is 1. The van der Waals surface area contributed by atoms with E-state index in [2.05, 4.69) is 11.9 Å². The summed E-state index contributed by atoms with van der Waals surface area (Å²) in [5, 5.41) is 0. The molecule has 1 aliphatic rings. The summed E-state index contributed by atoms with van der Waals surface area (Å²) < 4.78 is 11.6. The molecule has 2 heterocycles. The van der Waals surface area contributed by atoms with Crippen LogP contribution in [0.5, 0.6) is 0 Å². The summed E-state index contributed by atoms with van der Waals surface area (Å²) in [5.41, 5.74) is 3.54. The van der Waals surface area contributed by atoms with Crippen LogP contribution < -0.4 is 0 Å². The lowest BCUT2D eigenvalue weighted by molar-refractivity contribution is -0.123. The van der Waals surface area contributed by atoms with Gasteiger partial charge in [-0.05, 0) is 54.3 Å². The molecule has 0 spiro atoms. The van der Waals surface area contributed by atoms with E-state index < -0.39 is 11.9 Å². The van der Waals surface area contributed by atoms with Gasteiger partial charge in [-0.3, -0.25) is 14.6 Å². The number of aromatic nitrogens is 2. The van der Waals surface area contributed by atoms with Gasteiger partial charge in [-0.2, -0.15) is 0 Å². The van der Waals surface area contributed by atoms with Crippen LogP contribution in [0.4, 0.5) is 4.79 Å². The molecular weight excluding hydrogens is 584 g/mol. The molecule has 1 aromatic heterocycles. The number of hydrogen-bond acceptors (Lipinski definition) is 7. The Hall–Kier alpha value is -4.44. The quantitative estimate of drug-likeness (QED) is 0.133. The minimum atomic E-state index is -0.447. The molecule has 0 saturated carbocycles. The Bertz CT molecular complexity index is 1500. The van der Waals surface area contributed by atoms with Gasteiger partial charge in [-0.1, -0.05) is 51.0 Å². The van der Waals surface area contributed by atoms with E-state index in [4.69, 9.17) is 9.47 Å². The van der Waals surface area contributed by atoms with Crippen molar-refractivity contribution in [3.05, 3.63) is 94.2 Å². The van der Waals surface area contributed by atoms with Crippen molar-refractivity contribution in [3.63, 3.8) is 0 Å². The Kier molecular flexibility index (Phi) is 12.3. The average Bonchev–Trinajstić information content (AvgIpc) is 3.50. The van der Waals surface area contributed by atoms with Gasteiger partial charge in [0.05, 0.1) is 43.8 Å². The van der Waals surface area contributed by atoms with Crippen LogP contribution in [0.25, 0.3) is 6.08 Å². The highest BCUT2D eigenvalue weighted by atomic mass is 35.5. The monoisotopic (exact) mass is 622 g/mol. The van der Waals surface area contributed by atoms with Gasteiger partial charge in [-0.15, -0.1) is 12.4 Å². The first-order valence-electron chi connectivity index (χ1n) is 14.5. The third-order valence-corrected chi connectivity index (χ3v) is 7.39. The summed E-state index contributed by atoms with van der Waals surface area (Å²) >= 11 is 0. The molecule has 0 unspecified atom stereocenters. The molecule has 3 aromatic rings. The number of unbranched alkanes of at least 4 members (excludes halogenated alkanes) is 2. The molecule has 234 valence electrons. The number of imide groups is 1. The zero-order valence-electron chi connectivity index (χ0n) is 25.6. The van der Waals surface area contributed by atoms with Crippen LogP contribution in [0.2, 0.25) is 0 Å². The number of carbonyl (C=O) groups excluding carboxylic acids is 4. The smallest absolute Gasteiger partial charge is 0.337 e. The summed E-state index contributed by atoms with van der Waals surface area (Å²) in [7, 11) is 2.67. The molecule has 0 bridgehead atoms. The third-order valence-electron chi connectivity index (χ3n) is 7.39. The number of carbonyl (C=O) groups is 4. The molecule has 0 radical (unpaired) electrons. The van der Waals surface area contributed by atoms with Crippen molar-refractivity contribution in [1.82, 2.24) is 19.4 Å². The van der Waals surface area contributed by atoms with Gasteiger partial charge in [0.1, 0.15) is 11.5 Å². The number of methoxy groups -OCH3 is 2. The van der Waals surface area contributed by atoms with Crippen LogP contribution in [0.1, 0.15) is 82.9 Å². The van der Waals surface area contributed by atoms with Gasteiger partial charge in [0.25, 0.3) is 5.91 Å². The summed E-state index contributed by atoms with van der Waals surface area (Å²) in [6.07, 6.45) is 7.71. The maximum absolute atomic E-state index is 13.6. The Balaban J connectivity index is 0.00000529. The standard InChI is InChI=1S/C33H38N4O6.ClH/c1-5-7-9-29-34-20-27(36(29)21-23-10-14-25(15-11-23)31(39)42-3)19-28-30(38)35(18-8-6-2)33(41)37(28)22-24-12-16-26(17-13-24)32(40)43-4;/h10-17,19-20H,5-9,18,21-22H2,1-4H3;1H/b28-19-;. The molecule has 0 N–H and O–H groups in total. The van der Waals surface area contributed by atoms with Crippen molar-refractivity contribution < 1.29 is 28.7 Å². The zero-order chi connectivity index (χ0) is 30.9. The number of imidazole rings is 1. The highest BCUT2D eigenvalue weighted by molar-refractivity contribution is 6.13. The molecule has 44 heavy (non-hydrogen) atoms. The van der Waals surface area contributed by atoms with Crippen molar-refractivity contribution in [2.24, 2.45) is 0 Å². The van der Waals surface area contributed by atoms with Crippen LogP contribution in [-0.4, -0.2) is 64.0 Å². The molecule has 3 amide bonds. The zero-order valence-corrected chi connectivity index (χ0v) is 26.4. The number of amides is 3. The van der Waals surface area contributed by atoms with Crippen molar-refractivity contribution >= 4 is 42.4 Å². The van der Waals surface area contributed by atoms with Gasteiger partial charge in [0, 0.05) is 19.5 Å². The molecule has 4 rings (SSSR count). The molecule has 10 nitrogen and oxygen atoms in total. The Morgan fingerprint density at radius 2 is 1.34 bits per heavy atom. The first-order chi connectivity index (χ1) is 20.8. The predicted molar refractivity (Wildman–Crippen MR) is 168 cm³/mol. The second-order valence-corrected chi connectivity index (χ2v) is 10.4. The topological polar surface area (TPSA) is 111 Å². The molecule has 0 aliphatic carbocycles. The van der Waals surface area contributed by atoms with Gasteiger partial charge in [0.15, 0.2) is 0 Å². The number of nitrogens with zero attached hydrogens (tertiary/aromatic N) is 4. The minimum Gasteiger partial charge on any atom is -0.465 e. The lowest BCUT2D eigenvalue weighted by atomic mass is 10.1. The fourth-order valence-electron chi connectivity index (χ4n) is 4.89. The highest BCUT2D eigenvalue weighted by Crippen LogP contribution is 2.27. The number of halogens is 1. The highest BCUT2D eigenvalue weighted by Gasteiger charge is 2.40. The van der Waals surface area contributed by atoms with Gasteiger partial charge >= 0.3 is 18.0 Å². The molecule has 1 aliphatic heterocycles. The van der Waals surface area contributed by atoms with E-state index in [9.17, 15) is 19.2 Å². The third kappa shape index (κ3) is 7.74. The number of benzene rings is 2. The number of urea groups is 1. The van der Waals surface area contributed by atoms with E-state index in [-0.39, 0.29) is 36.6 Å². The lowest BCUT2D eigenvalue weighted by Crippen LogP contribution is -2.33. The molecule has 11 heteroatoms. The number of ether oxygens (including phenoxy) is 2. The average molecular weight is 623 g/mol. The van der Waals surface area contributed by atoms with Crippen molar-refractivity contribution in [3.8, 4) is 0 Å². The molecular formula is C33H39ClN4O6. The summed E-state index contributed by atoms with van der Waals surface area (Å²) in [6, 6.07) is 13.6. The van der Waals surface area contributed by atoms with Crippen LogP contribution in [0.15, 0.2) is 60.4 Å². The number of rotatable bonds is 13. The van der Waals surface area contributed by atoms with E-state index >= 15 is 0 Å². The fourth-order valence-corrected chi connectivity index (χ4v) is 4.89. The minimum absolute atomic E-state index is 0. The first-order valence-corrected chi connectivity index (χ1v) is 14.5. The predicted octanol–water partition coefficient (Wildman–Crippen LogP) is 5.87. The van der Waals surface area contributed by atoms with Gasteiger partial charge < -0.3 is 14.0 Å². The number of hydrogen-bond donors (Lipinski definition) is 0. The van der Waals surface area contributed by atoms with E-state index in [1.807, 2.05) is 23.6 Å². The molecule has 1 saturated heterocycles. The SMILES string of the molecule is CCCCc1ncc(/C=C2/C(=O)N(CCCC)C(=O)N2Cc2ccc(C(=O)OC)cc2)n1Cc1ccc(C(=O)OC)cc1.Cl. The van der Waals surface area contributed by atoms with Crippen LogP contribution >= 0.6 is 12.4 Å². The van der Waals surface area contributed by atoms with Crippen LogP contribution in [0, 0.1) is 0 Å². The Morgan fingerprint density at radius 1 is 0.795 bits per heavy atom. The second kappa shape index (κ2) is 15.9. The van der Waals surface area contributed by atoms with E-state index in [0.29, 0.717) is 36.3 Å². The summed E-state index contributed by atoms with van der Waals surface area (Å²) in [4.78, 5) is 58.4. The van der Waals surface area contributed by atoms with E-state index in [1.54, 1.807) is 48.7 Å². The van der Waals surface area contributed by atoms with Crippen molar-refractivity contribution in [2.75, 3.05) is 20.8 Å². The maximum atomic E-state index is 13.6. The largest absolute Gasteiger partial charge is 0.465 e. The fraction of sp³-hybridized carbons (Fsp3) is 0.364. The Morgan fingerprint density at radius 3 is 1.86 bits per heavy atom. The number of esters is 2. The lowest BCUT2D eigenvalue weighted by Gasteiger charge is -2.18. The van der Waals surface area contributed by atoms with Crippen LogP contribution in [0.3, 0.4) is 0 Å². The second-order valence-electron chi connectivity index (χ2n) is 10.4. The Labute approximate surface area is 264 Å². The van der Waals surface area contributed by atoms with E-state index in [0.717, 1.165) is 42.6 Å².